The third-order valence-corrected chi connectivity index (χ3v) is 2.37. The predicted octanol–water partition coefficient (Wildman–Crippen LogP) is 2.38. The van der Waals surface area contributed by atoms with E-state index in [0.717, 1.165) is 18.5 Å². The summed E-state index contributed by atoms with van der Waals surface area (Å²) in [4.78, 5) is 11.3. The summed E-state index contributed by atoms with van der Waals surface area (Å²) in [5, 5.41) is 3.66. The molecule has 3 nitrogen and oxygen atoms in total. The summed E-state index contributed by atoms with van der Waals surface area (Å²) in [5.74, 6) is -0.162. The fraction of sp³-hybridized carbons (Fsp3) is 0.417. The molecule has 0 saturated heterocycles. The smallest absolute Gasteiger partial charge is 0.306 e. The molecule has 1 aromatic rings. The molecule has 0 aliphatic rings. The van der Waals surface area contributed by atoms with Crippen LogP contribution < -0.4 is 5.32 Å². The van der Waals surface area contributed by atoms with E-state index in [1.807, 2.05) is 19.2 Å². The molecule has 0 bridgehead atoms. The lowest BCUT2D eigenvalue weighted by molar-refractivity contribution is -0.145. The van der Waals surface area contributed by atoms with E-state index in [-0.39, 0.29) is 5.97 Å². The maximum Gasteiger partial charge on any atom is 0.306 e. The number of carbonyl (C=O) groups excluding carboxylic acids is 1. The molecule has 0 aliphatic carbocycles. The Morgan fingerprint density at radius 3 is 2.69 bits per heavy atom. The Morgan fingerprint density at radius 1 is 1.38 bits per heavy atom. The third-order valence-electron chi connectivity index (χ3n) is 2.12. The molecule has 0 saturated carbocycles. The number of rotatable bonds is 6. The summed E-state index contributed by atoms with van der Waals surface area (Å²) in [5.41, 5.74) is 0.950. The monoisotopic (exact) mass is 241 g/mol. The van der Waals surface area contributed by atoms with E-state index in [2.05, 4.69) is 5.32 Å². The van der Waals surface area contributed by atoms with Crippen molar-refractivity contribution in [2.75, 3.05) is 13.6 Å². The molecule has 16 heavy (non-hydrogen) atoms. The van der Waals surface area contributed by atoms with Crippen LogP contribution in [0.1, 0.15) is 18.4 Å². The van der Waals surface area contributed by atoms with Gasteiger partial charge in [-0.3, -0.25) is 4.79 Å². The van der Waals surface area contributed by atoms with E-state index >= 15 is 0 Å². The fourth-order valence-corrected chi connectivity index (χ4v) is 1.35. The Bertz CT molecular complexity index is 324. The Kier molecular flexibility index (Phi) is 5.90. The number of hydrogen-bond donors (Lipinski definition) is 1. The average Bonchev–Trinajstić information content (AvgIpc) is 2.29. The van der Waals surface area contributed by atoms with Crippen molar-refractivity contribution in [3.05, 3.63) is 34.9 Å². The fourth-order valence-electron chi connectivity index (χ4n) is 1.23. The standard InChI is InChI=1S/C12H16ClNO2/c1-14-8-2-3-12(15)16-9-10-4-6-11(13)7-5-10/h4-7,14H,2-3,8-9H2,1H3. The molecular weight excluding hydrogens is 226 g/mol. The molecule has 0 unspecified atom stereocenters. The van der Waals surface area contributed by atoms with Gasteiger partial charge >= 0.3 is 5.97 Å². The Balaban J connectivity index is 2.23. The van der Waals surface area contributed by atoms with E-state index in [0.29, 0.717) is 18.1 Å². The van der Waals surface area contributed by atoms with Crippen LogP contribution in [0.3, 0.4) is 0 Å². The minimum absolute atomic E-state index is 0.162. The number of hydrogen-bond acceptors (Lipinski definition) is 3. The first-order valence-corrected chi connectivity index (χ1v) is 5.65. The second-order valence-corrected chi connectivity index (χ2v) is 3.93. The minimum atomic E-state index is -0.162. The maximum atomic E-state index is 11.3. The quantitative estimate of drug-likeness (QED) is 0.614. The first-order valence-electron chi connectivity index (χ1n) is 5.27. The zero-order valence-electron chi connectivity index (χ0n) is 9.33. The summed E-state index contributed by atoms with van der Waals surface area (Å²) in [7, 11) is 1.86. The third kappa shape index (κ3) is 5.14. The Hall–Kier alpha value is -1.06. The topological polar surface area (TPSA) is 38.3 Å². The molecule has 0 amide bonds. The highest BCUT2D eigenvalue weighted by atomic mass is 35.5. The van der Waals surface area contributed by atoms with Gasteiger partial charge in [0, 0.05) is 11.4 Å². The number of halogens is 1. The van der Waals surface area contributed by atoms with Crippen molar-refractivity contribution in [2.24, 2.45) is 0 Å². The van der Waals surface area contributed by atoms with Crippen molar-refractivity contribution in [1.82, 2.24) is 5.32 Å². The molecule has 0 fully saturated rings. The number of benzene rings is 1. The van der Waals surface area contributed by atoms with Crippen molar-refractivity contribution in [3.63, 3.8) is 0 Å². The van der Waals surface area contributed by atoms with Gasteiger partial charge in [-0.25, -0.2) is 0 Å². The number of ether oxygens (including phenoxy) is 1. The van der Waals surface area contributed by atoms with Gasteiger partial charge in [-0.05, 0) is 37.7 Å². The van der Waals surface area contributed by atoms with E-state index in [9.17, 15) is 4.79 Å². The zero-order chi connectivity index (χ0) is 11.8. The molecular formula is C12H16ClNO2. The first kappa shape index (κ1) is 13.0. The lowest BCUT2D eigenvalue weighted by Gasteiger charge is -2.04. The highest BCUT2D eigenvalue weighted by molar-refractivity contribution is 6.30. The predicted molar refractivity (Wildman–Crippen MR) is 64.4 cm³/mol. The van der Waals surface area contributed by atoms with Gasteiger partial charge in [-0.2, -0.15) is 0 Å². The lowest BCUT2D eigenvalue weighted by Crippen LogP contribution is -2.11. The van der Waals surface area contributed by atoms with E-state index in [4.69, 9.17) is 16.3 Å². The normalized spacial score (nSPS) is 10.1. The van der Waals surface area contributed by atoms with Crippen LogP contribution >= 0.6 is 11.6 Å². The van der Waals surface area contributed by atoms with E-state index < -0.39 is 0 Å². The van der Waals surface area contributed by atoms with Crippen molar-refractivity contribution >= 4 is 17.6 Å². The van der Waals surface area contributed by atoms with Crippen LogP contribution in [0.15, 0.2) is 24.3 Å². The van der Waals surface area contributed by atoms with Gasteiger partial charge in [0.05, 0.1) is 0 Å². The number of carbonyl (C=O) groups is 1. The highest BCUT2D eigenvalue weighted by Crippen LogP contribution is 2.10. The molecule has 4 heteroatoms. The summed E-state index contributed by atoms with van der Waals surface area (Å²) in [6, 6.07) is 7.27. The van der Waals surface area contributed by atoms with Crippen LogP contribution in [0.4, 0.5) is 0 Å². The molecule has 1 aromatic carbocycles. The van der Waals surface area contributed by atoms with Crippen LogP contribution in [0, 0.1) is 0 Å². The van der Waals surface area contributed by atoms with Crippen molar-refractivity contribution in [1.29, 1.82) is 0 Å². The lowest BCUT2D eigenvalue weighted by atomic mass is 10.2. The van der Waals surface area contributed by atoms with Gasteiger partial charge in [0.1, 0.15) is 6.61 Å². The SMILES string of the molecule is CNCCCC(=O)OCc1ccc(Cl)cc1. The summed E-state index contributed by atoms with van der Waals surface area (Å²) in [6.45, 7) is 1.14. The van der Waals surface area contributed by atoms with Crippen LogP contribution in [0.2, 0.25) is 5.02 Å². The second-order valence-electron chi connectivity index (χ2n) is 3.49. The second kappa shape index (κ2) is 7.25. The summed E-state index contributed by atoms with van der Waals surface area (Å²) >= 11 is 5.74. The van der Waals surface area contributed by atoms with Crippen molar-refractivity contribution in [2.45, 2.75) is 19.4 Å². The van der Waals surface area contributed by atoms with Crippen LogP contribution in [0.25, 0.3) is 0 Å². The largest absolute Gasteiger partial charge is 0.461 e. The molecule has 0 aromatic heterocycles. The number of nitrogens with one attached hydrogen (secondary N) is 1. The number of esters is 1. The molecule has 88 valence electrons. The first-order chi connectivity index (χ1) is 7.72. The summed E-state index contributed by atoms with van der Waals surface area (Å²) < 4.78 is 5.10. The average molecular weight is 242 g/mol. The van der Waals surface area contributed by atoms with Gasteiger partial charge in [-0.15, -0.1) is 0 Å². The van der Waals surface area contributed by atoms with Crippen LogP contribution in [0.5, 0.6) is 0 Å². The zero-order valence-corrected chi connectivity index (χ0v) is 10.1. The van der Waals surface area contributed by atoms with Crippen LogP contribution in [-0.4, -0.2) is 19.6 Å². The summed E-state index contributed by atoms with van der Waals surface area (Å²) in [6.07, 6.45) is 1.25. The molecule has 0 heterocycles. The molecule has 0 radical (unpaired) electrons. The Morgan fingerprint density at radius 2 is 2.06 bits per heavy atom. The molecule has 0 aliphatic heterocycles. The van der Waals surface area contributed by atoms with E-state index in [1.165, 1.54) is 0 Å². The van der Waals surface area contributed by atoms with Gasteiger partial charge in [-0.1, -0.05) is 23.7 Å². The van der Waals surface area contributed by atoms with Crippen molar-refractivity contribution < 1.29 is 9.53 Å². The maximum absolute atomic E-state index is 11.3. The highest BCUT2D eigenvalue weighted by Gasteiger charge is 2.02. The molecule has 1 rings (SSSR count). The van der Waals surface area contributed by atoms with Gasteiger partial charge in [0.25, 0.3) is 0 Å². The minimum Gasteiger partial charge on any atom is -0.461 e. The molecule has 0 spiro atoms. The molecule has 0 atom stereocenters. The molecule has 1 N–H and O–H groups in total. The van der Waals surface area contributed by atoms with Gasteiger partial charge in [0.15, 0.2) is 0 Å². The van der Waals surface area contributed by atoms with E-state index in [1.54, 1.807) is 12.1 Å². The van der Waals surface area contributed by atoms with Gasteiger partial charge < -0.3 is 10.1 Å². The van der Waals surface area contributed by atoms with Crippen LogP contribution in [-0.2, 0) is 16.1 Å². The Labute approximate surface area is 101 Å². The van der Waals surface area contributed by atoms with Gasteiger partial charge in [0.2, 0.25) is 0 Å². The van der Waals surface area contributed by atoms with Crippen molar-refractivity contribution in [3.8, 4) is 0 Å².